The molecule has 0 radical (unpaired) electrons. The van der Waals surface area contributed by atoms with E-state index in [4.69, 9.17) is 14.2 Å². The summed E-state index contributed by atoms with van der Waals surface area (Å²) in [6.07, 6.45) is 0.958. The van der Waals surface area contributed by atoms with E-state index in [1.807, 2.05) is 0 Å². The van der Waals surface area contributed by atoms with Crippen molar-refractivity contribution in [2.24, 2.45) is 5.92 Å². The van der Waals surface area contributed by atoms with Crippen LogP contribution in [-0.2, 0) is 19.6 Å². The number of hydrogen-bond donors (Lipinski definition) is 2. The fourth-order valence-corrected chi connectivity index (χ4v) is 5.37. The number of sulfonamides is 1. The lowest BCUT2D eigenvalue weighted by molar-refractivity contribution is -0.126. The Bertz CT molecular complexity index is 1140. The standard InChI is InChI=1S/C23H27N3O7S/c1-31-18-3-5-19(6-4-18)34(29,30)26-12-9-16(10-13-26)23(28)24-11-8-22(27)25-17-2-7-20-21(14-17)33-15-32-20/h2-7,14,16H,8-13,15H2,1H3,(H,24,28)(H,25,27). The van der Waals surface area contributed by atoms with E-state index < -0.39 is 10.0 Å². The van der Waals surface area contributed by atoms with Crippen molar-refractivity contribution in [1.82, 2.24) is 9.62 Å². The summed E-state index contributed by atoms with van der Waals surface area (Å²) in [6, 6.07) is 11.4. The zero-order chi connectivity index (χ0) is 24.1. The predicted molar refractivity (Wildman–Crippen MR) is 123 cm³/mol. The molecule has 0 aliphatic carbocycles. The maximum Gasteiger partial charge on any atom is 0.243 e. The Hall–Kier alpha value is -3.31. The molecule has 182 valence electrons. The number of piperidine rings is 1. The number of anilines is 1. The third-order valence-corrected chi connectivity index (χ3v) is 7.74. The molecular formula is C23H27N3O7S. The van der Waals surface area contributed by atoms with Gasteiger partial charge >= 0.3 is 0 Å². The first-order valence-electron chi connectivity index (χ1n) is 11.0. The summed E-state index contributed by atoms with van der Waals surface area (Å²) in [6.45, 7) is 0.874. The molecule has 11 heteroatoms. The molecule has 1 saturated heterocycles. The zero-order valence-electron chi connectivity index (χ0n) is 18.8. The third-order valence-electron chi connectivity index (χ3n) is 5.83. The molecule has 2 aromatic carbocycles. The van der Waals surface area contributed by atoms with Gasteiger partial charge in [-0.1, -0.05) is 0 Å². The van der Waals surface area contributed by atoms with Gasteiger partial charge in [0, 0.05) is 43.7 Å². The largest absolute Gasteiger partial charge is 0.497 e. The predicted octanol–water partition coefficient (Wildman–Crippen LogP) is 1.97. The lowest BCUT2D eigenvalue weighted by Crippen LogP contribution is -2.43. The van der Waals surface area contributed by atoms with Gasteiger partial charge in [-0.25, -0.2) is 8.42 Å². The maximum atomic E-state index is 12.8. The summed E-state index contributed by atoms with van der Waals surface area (Å²) >= 11 is 0. The van der Waals surface area contributed by atoms with Crippen LogP contribution in [0.4, 0.5) is 5.69 Å². The van der Waals surface area contributed by atoms with Crippen LogP contribution >= 0.6 is 0 Å². The van der Waals surface area contributed by atoms with Crippen LogP contribution in [-0.4, -0.2) is 58.1 Å². The quantitative estimate of drug-likeness (QED) is 0.581. The van der Waals surface area contributed by atoms with Crippen molar-refractivity contribution in [3.05, 3.63) is 42.5 Å². The van der Waals surface area contributed by atoms with Gasteiger partial charge in [0.2, 0.25) is 28.6 Å². The number of methoxy groups -OCH3 is 1. The number of amides is 2. The molecule has 0 saturated carbocycles. The van der Waals surface area contributed by atoms with E-state index >= 15 is 0 Å². The number of carbonyl (C=O) groups is 2. The van der Waals surface area contributed by atoms with Crippen LogP contribution in [0.15, 0.2) is 47.4 Å². The first-order chi connectivity index (χ1) is 16.4. The second-order valence-electron chi connectivity index (χ2n) is 8.01. The lowest BCUT2D eigenvalue weighted by atomic mass is 9.97. The second kappa shape index (κ2) is 10.3. The van der Waals surface area contributed by atoms with Gasteiger partial charge in [0.25, 0.3) is 0 Å². The Morgan fingerprint density at radius 3 is 2.47 bits per heavy atom. The molecule has 2 aliphatic rings. The van der Waals surface area contributed by atoms with Crippen molar-refractivity contribution in [2.45, 2.75) is 24.2 Å². The van der Waals surface area contributed by atoms with E-state index in [9.17, 15) is 18.0 Å². The van der Waals surface area contributed by atoms with Gasteiger partial charge in [-0.3, -0.25) is 9.59 Å². The normalized spacial score (nSPS) is 16.1. The van der Waals surface area contributed by atoms with E-state index in [-0.39, 0.29) is 55.5 Å². The molecule has 0 spiro atoms. The number of carbonyl (C=O) groups excluding carboxylic acids is 2. The maximum absolute atomic E-state index is 12.8. The molecule has 2 aromatic rings. The smallest absolute Gasteiger partial charge is 0.243 e. The lowest BCUT2D eigenvalue weighted by Gasteiger charge is -2.30. The fraction of sp³-hybridized carbons (Fsp3) is 0.391. The van der Waals surface area contributed by atoms with Gasteiger partial charge in [-0.05, 0) is 49.2 Å². The van der Waals surface area contributed by atoms with E-state index in [0.717, 1.165) is 0 Å². The van der Waals surface area contributed by atoms with Gasteiger partial charge in [0.15, 0.2) is 11.5 Å². The molecule has 0 bridgehead atoms. The summed E-state index contributed by atoms with van der Waals surface area (Å²) in [5.74, 6) is 1.09. The van der Waals surface area contributed by atoms with Crippen molar-refractivity contribution in [2.75, 3.05) is 38.9 Å². The molecule has 34 heavy (non-hydrogen) atoms. The molecular weight excluding hydrogens is 462 g/mol. The molecule has 2 heterocycles. The Labute approximate surface area is 198 Å². The summed E-state index contributed by atoms with van der Waals surface area (Å²) in [5, 5.41) is 5.55. The van der Waals surface area contributed by atoms with Gasteiger partial charge in [-0.15, -0.1) is 0 Å². The van der Waals surface area contributed by atoms with Crippen LogP contribution in [0.5, 0.6) is 17.2 Å². The minimum Gasteiger partial charge on any atom is -0.497 e. The zero-order valence-corrected chi connectivity index (χ0v) is 19.6. The highest BCUT2D eigenvalue weighted by molar-refractivity contribution is 7.89. The second-order valence-corrected chi connectivity index (χ2v) is 9.95. The average molecular weight is 490 g/mol. The highest BCUT2D eigenvalue weighted by Crippen LogP contribution is 2.34. The number of nitrogens with one attached hydrogen (secondary N) is 2. The minimum atomic E-state index is -3.62. The fourth-order valence-electron chi connectivity index (χ4n) is 3.90. The SMILES string of the molecule is COc1ccc(S(=O)(=O)N2CCC(C(=O)NCCC(=O)Nc3ccc4c(c3)OCO4)CC2)cc1. The number of rotatable bonds is 8. The van der Waals surface area contributed by atoms with Gasteiger partial charge in [0.1, 0.15) is 5.75 Å². The van der Waals surface area contributed by atoms with Crippen LogP contribution in [0.1, 0.15) is 19.3 Å². The Kier molecular flexibility index (Phi) is 7.23. The Balaban J connectivity index is 1.20. The third kappa shape index (κ3) is 5.42. The number of fused-ring (bicyclic) bond motifs is 1. The van der Waals surface area contributed by atoms with Crippen LogP contribution in [0, 0.1) is 5.92 Å². The average Bonchev–Trinajstić information content (AvgIpc) is 3.32. The molecule has 0 unspecified atom stereocenters. The molecule has 0 atom stereocenters. The first kappa shape index (κ1) is 23.8. The highest BCUT2D eigenvalue weighted by atomic mass is 32.2. The van der Waals surface area contributed by atoms with E-state index in [1.165, 1.54) is 23.5 Å². The highest BCUT2D eigenvalue weighted by Gasteiger charge is 2.32. The molecule has 2 aliphatic heterocycles. The molecule has 4 rings (SSSR count). The Morgan fingerprint density at radius 2 is 1.76 bits per heavy atom. The van der Waals surface area contributed by atoms with Crippen LogP contribution in [0.3, 0.4) is 0 Å². The summed E-state index contributed by atoms with van der Waals surface area (Å²) in [4.78, 5) is 24.9. The summed E-state index contributed by atoms with van der Waals surface area (Å²) in [5.41, 5.74) is 0.589. The minimum absolute atomic E-state index is 0.116. The van der Waals surface area contributed by atoms with E-state index in [0.29, 0.717) is 35.8 Å². The monoisotopic (exact) mass is 489 g/mol. The van der Waals surface area contributed by atoms with Gasteiger partial charge in [-0.2, -0.15) is 4.31 Å². The Morgan fingerprint density at radius 1 is 1.06 bits per heavy atom. The first-order valence-corrected chi connectivity index (χ1v) is 12.4. The molecule has 2 amide bonds. The molecule has 10 nitrogen and oxygen atoms in total. The number of nitrogens with zero attached hydrogens (tertiary/aromatic N) is 1. The number of ether oxygens (including phenoxy) is 3. The van der Waals surface area contributed by atoms with Crippen molar-refractivity contribution in [3.8, 4) is 17.2 Å². The van der Waals surface area contributed by atoms with E-state index in [2.05, 4.69) is 10.6 Å². The topological polar surface area (TPSA) is 123 Å². The summed E-state index contributed by atoms with van der Waals surface area (Å²) < 4.78 is 42.7. The van der Waals surface area contributed by atoms with Crippen molar-refractivity contribution < 1.29 is 32.2 Å². The molecule has 2 N–H and O–H groups in total. The molecule has 1 fully saturated rings. The van der Waals surface area contributed by atoms with Crippen molar-refractivity contribution in [1.29, 1.82) is 0 Å². The molecule has 0 aromatic heterocycles. The van der Waals surface area contributed by atoms with E-state index in [1.54, 1.807) is 30.3 Å². The summed E-state index contributed by atoms with van der Waals surface area (Å²) in [7, 11) is -2.10. The van der Waals surface area contributed by atoms with Crippen LogP contribution < -0.4 is 24.8 Å². The number of benzene rings is 2. The van der Waals surface area contributed by atoms with Crippen molar-refractivity contribution in [3.63, 3.8) is 0 Å². The van der Waals surface area contributed by atoms with Gasteiger partial charge in [0.05, 0.1) is 12.0 Å². The van der Waals surface area contributed by atoms with Crippen molar-refractivity contribution >= 4 is 27.5 Å². The number of hydrogen-bond acceptors (Lipinski definition) is 7. The van der Waals surface area contributed by atoms with Crippen LogP contribution in [0.25, 0.3) is 0 Å². The van der Waals surface area contributed by atoms with Crippen LogP contribution in [0.2, 0.25) is 0 Å². The van der Waals surface area contributed by atoms with Gasteiger partial charge < -0.3 is 24.8 Å².